The van der Waals surface area contributed by atoms with Gasteiger partial charge in [-0.3, -0.25) is 0 Å². The van der Waals surface area contributed by atoms with Crippen LogP contribution < -0.4 is 4.74 Å². The second-order valence-electron chi connectivity index (χ2n) is 6.36. The van der Waals surface area contributed by atoms with E-state index < -0.39 is 6.10 Å². The van der Waals surface area contributed by atoms with Crippen LogP contribution in [-0.2, 0) is 6.54 Å². The van der Waals surface area contributed by atoms with Gasteiger partial charge in [0.15, 0.2) is 0 Å². The fourth-order valence-corrected chi connectivity index (χ4v) is 3.02. The minimum atomic E-state index is -0.806. The molecule has 1 aliphatic heterocycles. The highest BCUT2D eigenvalue weighted by molar-refractivity contribution is 5.64. The van der Waals surface area contributed by atoms with Crippen molar-refractivity contribution < 1.29 is 14.9 Å². The number of aliphatic hydroxyl groups is 2. The van der Waals surface area contributed by atoms with Crippen molar-refractivity contribution in [3.63, 3.8) is 0 Å². The second-order valence-corrected chi connectivity index (χ2v) is 6.36. The Morgan fingerprint density at radius 3 is 2.79 bits per heavy atom. The van der Waals surface area contributed by atoms with Crippen LogP contribution in [-0.4, -0.2) is 63.6 Å². The van der Waals surface area contributed by atoms with Crippen molar-refractivity contribution in [2.24, 2.45) is 0 Å². The molecule has 2 heterocycles. The summed E-state index contributed by atoms with van der Waals surface area (Å²) in [7, 11) is 2.13. The van der Waals surface area contributed by atoms with Crippen molar-refractivity contribution in [1.82, 2.24) is 14.5 Å². The first-order chi connectivity index (χ1) is 11.7. The Morgan fingerprint density at radius 2 is 2.04 bits per heavy atom. The average molecular weight is 331 g/mol. The number of aliphatic hydroxyl groups excluding tert-OH is 2. The van der Waals surface area contributed by atoms with Gasteiger partial charge in [-0.15, -0.1) is 0 Å². The highest BCUT2D eigenvalue weighted by Gasteiger charge is 2.20. The SMILES string of the molecule is CN1CCC(Oc2ccccc2-c2nccn2CC(O)CO)CC1. The van der Waals surface area contributed by atoms with Crippen molar-refractivity contribution >= 4 is 0 Å². The summed E-state index contributed by atoms with van der Waals surface area (Å²) in [6.07, 6.45) is 4.95. The van der Waals surface area contributed by atoms with Crippen LogP contribution in [0.1, 0.15) is 12.8 Å². The van der Waals surface area contributed by atoms with Crippen LogP contribution >= 0.6 is 0 Å². The number of piperidine rings is 1. The molecule has 0 radical (unpaired) electrons. The topological polar surface area (TPSA) is 70.8 Å². The van der Waals surface area contributed by atoms with E-state index in [9.17, 15) is 5.11 Å². The number of aromatic nitrogens is 2. The summed E-state index contributed by atoms with van der Waals surface area (Å²) in [5.74, 6) is 1.56. The minimum Gasteiger partial charge on any atom is -0.490 e. The molecule has 0 aliphatic carbocycles. The van der Waals surface area contributed by atoms with Crippen LogP contribution in [0.15, 0.2) is 36.7 Å². The Balaban J connectivity index is 1.81. The number of ether oxygens (including phenoxy) is 1. The first kappa shape index (κ1) is 17.0. The van der Waals surface area contributed by atoms with Crippen molar-refractivity contribution in [2.45, 2.75) is 31.6 Å². The summed E-state index contributed by atoms with van der Waals surface area (Å²) in [6.45, 7) is 2.12. The second kappa shape index (κ2) is 7.79. The van der Waals surface area contributed by atoms with E-state index in [-0.39, 0.29) is 12.7 Å². The number of likely N-dealkylation sites (tertiary alicyclic amines) is 1. The molecule has 6 nitrogen and oxygen atoms in total. The monoisotopic (exact) mass is 331 g/mol. The number of para-hydroxylation sites is 1. The maximum absolute atomic E-state index is 9.72. The molecular formula is C18H25N3O3. The lowest BCUT2D eigenvalue weighted by molar-refractivity contribution is 0.0815. The van der Waals surface area contributed by atoms with Gasteiger partial charge in [-0.25, -0.2) is 4.98 Å². The lowest BCUT2D eigenvalue weighted by Gasteiger charge is -2.29. The Bertz CT molecular complexity index is 650. The van der Waals surface area contributed by atoms with Crippen molar-refractivity contribution in [3.05, 3.63) is 36.7 Å². The zero-order chi connectivity index (χ0) is 16.9. The van der Waals surface area contributed by atoms with E-state index in [1.165, 1.54) is 0 Å². The van der Waals surface area contributed by atoms with Gasteiger partial charge in [0.2, 0.25) is 0 Å². The molecule has 1 aliphatic rings. The van der Waals surface area contributed by atoms with E-state index in [2.05, 4.69) is 16.9 Å². The maximum Gasteiger partial charge on any atom is 0.143 e. The van der Waals surface area contributed by atoms with Gasteiger partial charge < -0.3 is 24.4 Å². The molecule has 24 heavy (non-hydrogen) atoms. The molecular weight excluding hydrogens is 306 g/mol. The molecule has 0 amide bonds. The van der Waals surface area contributed by atoms with Crippen LogP contribution in [0.5, 0.6) is 5.75 Å². The molecule has 1 aromatic carbocycles. The lowest BCUT2D eigenvalue weighted by atomic mass is 10.1. The van der Waals surface area contributed by atoms with Gasteiger partial charge in [-0.1, -0.05) is 12.1 Å². The number of hydrogen-bond donors (Lipinski definition) is 2. The third kappa shape index (κ3) is 3.95. The first-order valence-corrected chi connectivity index (χ1v) is 8.42. The molecule has 1 atom stereocenters. The van der Waals surface area contributed by atoms with Gasteiger partial charge in [-0.05, 0) is 32.0 Å². The third-order valence-corrected chi connectivity index (χ3v) is 4.42. The zero-order valence-electron chi connectivity index (χ0n) is 14.0. The fraction of sp³-hybridized carbons (Fsp3) is 0.500. The molecule has 1 fully saturated rings. The molecule has 2 N–H and O–H groups in total. The van der Waals surface area contributed by atoms with E-state index in [0.717, 1.165) is 43.1 Å². The van der Waals surface area contributed by atoms with E-state index in [0.29, 0.717) is 6.54 Å². The predicted octanol–water partition coefficient (Wildman–Crippen LogP) is 1.38. The Morgan fingerprint density at radius 1 is 1.29 bits per heavy atom. The number of imidazole rings is 1. The molecule has 6 heteroatoms. The molecule has 0 saturated carbocycles. The number of nitrogens with zero attached hydrogens (tertiary/aromatic N) is 3. The van der Waals surface area contributed by atoms with Gasteiger partial charge in [0.1, 0.15) is 17.7 Å². The molecule has 0 spiro atoms. The van der Waals surface area contributed by atoms with E-state index in [1.807, 2.05) is 28.8 Å². The quantitative estimate of drug-likeness (QED) is 0.837. The fourth-order valence-electron chi connectivity index (χ4n) is 3.02. The number of benzene rings is 1. The van der Waals surface area contributed by atoms with E-state index in [4.69, 9.17) is 9.84 Å². The van der Waals surface area contributed by atoms with Crippen molar-refractivity contribution in [2.75, 3.05) is 26.7 Å². The summed E-state index contributed by atoms with van der Waals surface area (Å²) >= 11 is 0. The smallest absolute Gasteiger partial charge is 0.143 e. The van der Waals surface area contributed by atoms with Crippen LogP contribution in [0.25, 0.3) is 11.4 Å². The Kier molecular flexibility index (Phi) is 5.50. The summed E-state index contributed by atoms with van der Waals surface area (Å²) in [5, 5.41) is 18.8. The van der Waals surface area contributed by atoms with Gasteiger partial charge in [-0.2, -0.15) is 0 Å². The Labute approximate surface area is 142 Å². The highest BCUT2D eigenvalue weighted by Crippen LogP contribution is 2.31. The van der Waals surface area contributed by atoms with Gasteiger partial charge in [0, 0.05) is 25.5 Å². The van der Waals surface area contributed by atoms with Crippen LogP contribution in [0.2, 0.25) is 0 Å². The number of hydrogen-bond acceptors (Lipinski definition) is 5. The van der Waals surface area contributed by atoms with Crippen molar-refractivity contribution in [3.8, 4) is 17.1 Å². The van der Waals surface area contributed by atoms with Crippen molar-refractivity contribution in [1.29, 1.82) is 0 Å². The zero-order valence-corrected chi connectivity index (χ0v) is 14.0. The molecule has 1 saturated heterocycles. The normalized spacial score (nSPS) is 17.8. The lowest BCUT2D eigenvalue weighted by Crippen LogP contribution is -2.35. The third-order valence-electron chi connectivity index (χ3n) is 4.42. The molecule has 0 bridgehead atoms. The molecule has 2 aromatic rings. The number of rotatable bonds is 6. The summed E-state index contributed by atoms with van der Waals surface area (Å²) < 4.78 is 8.10. The van der Waals surface area contributed by atoms with Crippen LogP contribution in [0.3, 0.4) is 0 Å². The van der Waals surface area contributed by atoms with Gasteiger partial charge >= 0.3 is 0 Å². The largest absolute Gasteiger partial charge is 0.490 e. The molecule has 1 unspecified atom stereocenters. The average Bonchev–Trinajstić information content (AvgIpc) is 3.05. The first-order valence-electron chi connectivity index (χ1n) is 8.42. The minimum absolute atomic E-state index is 0.216. The van der Waals surface area contributed by atoms with E-state index in [1.54, 1.807) is 12.4 Å². The highest BCUT2D eigenvalue weighted by atomic mass is 16.5. The standard InChI is InChI=1S/C18H25N3O3/c1-20-9-6-15(7-10-20)24-17-5-3-2-4-16(17)18-19-8-11-21(18)12-14(23)13-22/h2-5,8,11,14-15,22-23H,6-7,9-10,12-13H2,1H3. The molecule has 3 rings (SSSR count). The van der Waals surface area contributed by atoms with E-state index >= 15 is 0 Å². The van der Waals surface area contributed by atoms with Gasteiger partial charge in [0.25, 0.3) is 0 Å². The summed E-state index contributed by atoms with van der Waals surface area (Å²) in [5.41, 5.74) is 0.909. The Hall–Kier alpha value is -1.89. The van der Waals surface area contributed by atoms with Gasteiger partial charge in [0.05, 0.1) is 24.8 Å². The summed E-state index contributed by atoms with van der Waals surface area (Å²) in [4.78, 5) is 6.74. The molecule has 1 aromatic heterocycles. The van der Waals surface area contributed by atoms with Crippen LogP contribution in [0, 0.1) is 0 Å². The maximum atomic E-state index is 9.72. The molecule has 130 valence electrons. The van der Waals surface area contributed by atoms with Crippen LogP contribution in [0.4, 0.5) is 0 Å². The summed E-state index contributed by atoms with van der Waals surface area (Å²) in [6, 6.07) is 7.87. The predicted molar refractivity (Wildman–Crippen MR) is 91.9 cm³/mol.